The van der Waals surface area contributed by atoms with Gasteiger partial charge in [-0.1, -0.05) is 41.5 Å². The van der Waals surface area contributed by atoms with Crippen LogP contribution in [0.2, 0.25) is 0 Å². The number of nitrogens with one attached hydrogen (secondary N) is 1. The third kappa shape index (κ3) is 4.06. The summed E-state index contributed by atoms with van der Waals surface area (Å²) in [5, 5.41) is 0. The van der Waals surface area contributed by atoms with Gasteiger partial charge in [0.25, 0.3) is 0 Å². The number of ether oxygens (including phenoxy) is 1. The Morgan fingerprint density at radius 3 is 1.95 bits per heavy atom. The Bertz CT molecular complexity index is 570. The summed E-state index contributed by atoms with van der Waals surface area (Å²) >= 11 is 0. The van der Waals surface area contributed by atoms with Gasteiger partial charge in [0, 0.05) is 0 Å². The maximum absolute atomic E-state index is 5.77. The van der Waals surface area contributed by atoms with Gasteiger partial charge in [-0.2, -0.15) is 0 Å². The lowest BCUT2D eigenvalue weighted by Crippen LogP contribution is -2.29. The Labute approximate surface area is 127 Å². The van der Waals surface area contributed by atoms with Gasteiger partial charge in [0.05, 0.1) is 12.1 Å². The summed E-state index contributed by atoms with van der Waals surface area (Å²) in [7, 11) is 0. The number of nitrogens with two attached hydrogens (primary N) is 1. The van der Waals surface area contributed by atoms with E-state index in [1.807, 2.05) is 26.0 Å². The Kier molecular flexibility index (Phi) is 4.99. The maximum atomic E-state index is 5.77. The molecule has 0 bridgehead atoms. The van der Waals surface area contributed by atoms with E-state index in [4.69, 9.17) is 10.6 Å². The van der Waals surface area contributed by atoms with Crippen molar-refractivity contribution in [2.45, 2.75) is 39.8 Å². The van der Waals surface area contributed by atoms with Crippen molar-refractivity contribution in [1.82, 2.24) is 5.43 Å². The third-order valence-electron chi connectivity index (χ3n) is 3.33. The van der Waals surface area contributed by atoms with Crippen molar-refractivity contribution in [3.63, 3.8) is 0 Å². The quantitative estimate of drug-likeness (QED) is 0.651. The number of hydrazine groups is 1. The van der Waals surface area contributed by atoms with Crippen molar-refractivity contribution in [1.29, 1.82) is 0 Å². The average Bonchev–Trinajstić information content (AvgIpc) is 2.40. The predicted molar refractivity (Wildman–Crippen MR) is 87.3 cm³/mol. The topological polar surface area (TPSA) is 47.3 Å². The highest BCUT2D eigenvalue weighted by Gasteiger charge is 2.13. The zero-order valence-electron chi connectivity index (χ0n) is 13.2. The second kappa shape index (κ2) is 6.74. The van der Waals surface area contributed by atoms with Gasteiger partial charge in [-0.05, 0) is 51.0 Å². The van der Waals surface area contributed by atoms with E-state index in [1.54, 1.807) is 0 Å². The van der Waals surface area contributed by atoms with Crippen LogP contribution in [0.1, 0.15) is 42.1 Å². The molecule has 0 heterocycles. The molecule has 0 aliphatic carbocycles. The molecule has 112 valence electrons. The average molecular weight is 284 g/mol. The zero-order valence-corrected chi connectivity index (χ0v) is 13.2. The Morgan fingerprint density at radius 2 is 1.48 bits per heavy atom. The molecular formula is C18H24N2O. The number of benzene rings is 2. The largest absolute Gasteiger partial charge is 0.491 e. The second-order valence-corrected chi connectivity index (χ2v) is 5.76. The van der Waals surface area contributed by atoms with Crippen LogP contribution in [0.3, 0.4) is 0 Å². The molecule has 2 aromatic rings. The normalized spacial score (nSPS) is 12.5. The Balaban J connectivity index is 2.28. The first-order valence-corrected chi connectivity index (χ1v) is 7.30. The van der Waals surface area contributed by atoms with Gasteiger partial charge in [-0.3, -0.25) is 5.84 Å². The van der Waals surface area contributed by atoms with Gasteiger partial charge in [0.15, 0.2) is 0 Å². The zero-order chi connectivity index (χ0) is 15.4. The van der Waals surface area contributed by atoms with Crippen LogP contribution < -0.4 is 16.0 Å². The van der Waals surface area contributed by atoms with E-state index in [9.17, 15) is 0 Å². The van der Waals surface area contributed by atoms with Crippen molar-refractivity contribution in [3.8, 4) is 5.75 Å². The molecule has 0 fully saturated rings. The summed E-state index contributed by atoms with van der Waals surface area (Å²) in [5.74, 6) is 6.65. The number of rotatable bonds is 5. The Morgan fingerprint density at radius 1 is 0.905 bits per heavy atom. The van der Waals surface area contributed by atoms with Crippen LogP contribution in [0.4, 0.5) is 0 Å². The van der Waals surface area contributed by atoms with Crippen molar-refractivity contribution < 1.29 is 4.74 Å². The van der Waals surface area contributed by atoms with Crippen molar-refractivity contribution in [2.24, 2.45) is 5.84 Å². The molecule has 0 radical (unpaired) electrons. The highest BCUT2D eigenvalue weighted by molar-refractivity contribution is 5.38. The molecule has 3 nitrogen and oxygen atoms in total. The fraction of sp³-hybridized carbons (Fsp3) is 0.333. The molecular weight excluding hydrogens is 260 g/mol. The monoisotopic (exact) mass is 284 g/mol. The lowest BCUT2D eigenvalue weighted by molar-refractivity contribution is 0.242. The molecule has 2 aromatic carbocycles. The summed E-state index contributed by atoms with van der Waals surface area (Å²) in [6.45, 7) is 8.24. The van der Waals surface area contributed by atoms with Gasteiger partial charge < -0.3 is 4.74 Å². The fourth-order valence-electron chi connectivity index (χ4n) is 2.57. The molecule has 1 atom stereocenters. The van der Waals surface area contributed by atoms with Crippen molar-refractivity contribution in [2.75, 3.05) is 0 Å². The van der Waals surface area contributed by atoms with Crippen molar-refractivity contribution >= 4 is 0 Å². The minimum absolute atomic E-state index is 0.0169. The van der Waals surface area contributed by atoms with Crippen LogP contribution in [0.15, 0.2) is 42.5 Å². The number of hydrogen-bond donors (Lipinski definition) is 2. The molecule has 3 N–H and O–H groups in total. The minimum Gasteiger partial charge on any atom is -0.491 e. The second-order valence-electron chi connectivity index (χ2n) is 5.76. The lowest BCUT2D eigenvalue weighted by atomic mass is 9.96. The molecule has 0 saturated heterocycles. The molecule has 0 saturated carbocycles. The standard InChI is InChI=1S/C18H24N2O/c1-12(2)21-17-7-5-15(6-8-17)18(20-19)16-10-13(3)9-14(4)11-16/h5-12,18,20H,19H2,1-4H3. The highest BCUT2D eigenvalue weighted by Crippen LogP contribution is 2.25. The van der Waals surface area contributed by atoms with Gasteiger partial charge >= 0.3 is 0 Å². The van der Waals surface area contributed by atoms with Gasteiger partial charge in [-0.15, -0.1) is 0 Å². The molecule has 0 aliphatic rings. The van der Waals surface area contributed by atoms with Crippen LogP contribution in [0.25, 0.3) is 0 Å². The van der Waals surface area contributed by atoms with Crippen molar-refractivity contribution in [3.05, 3.63) is 64.7 Å². The summed E-state index contributed by atoms with van der Waals surface area (Å²) in [6.07, 6.45) is 0.179. The predicted octanol–water partition coefficient (Wildman–Crippen LogP) is 3.64. The molecule has 0 aliphatic heterocycles. The van der Waals surface area contributed by atoms with Crippen LogP contribution in [0.5, 0.6) is 5.75 Å². The van der Waals surface area contributed by atoms with Crippen LogP contribution >= 0.6 is 0 Å². The van der Waals surface area contributed by atoms with E-state index in [1.165, 1.54) is 16.7 Å². The smallest absolute Gasteiger partial charge is 0.119 e. The number of hydrogen-bond acceptors (Lipinski definition) is 3. The lowest BCUT2D eigenvalue weighted by Gasteiger charge is -2.19. The summed E-state index contributed by atoms with van der Waals surface area (Å²) in [4.78, 5) is 0. The van der Waals surface area contributed by atoms with Crippen LogP contribution in [-0.2, 0) is 0 Å². The Hall–Kier alpha value is -1.84. The molecule has 2 rings (SSSR count). The molecule has 1 unspecified atom stereocenters. The number of aryl methyl sites for hydroxylation is 2. The fourth-order valence-corrected chi connectivity index (χ4v) is 2.57. The highest BCUT2D eigenvalue weighted by atomic mass is 16.5. The van der Waals surface area contributed by atoms with E-state index < -0.39 is 0 Å². The summed E-state index contributed by atoms with van der Waals surface area (Å²) in [5.41, 5.74) is 7.69. The first-order chi connectivity index (χ1) is 9.99. The SMILES string of the molecule is Cc1cc(C)cc(C(NN)c2ccc(OC(C)C)cc2)c1. The van der Waals surface area contributed by atoms with E-state index in [0.717, 1.165) is 11.3 Å². The van der Waals surface area contributed by atoms with E-state index in [0.29, 0.717) is 0 Å². The van der Waals surface area contributed by atoms with E-state index in [2.05, 4.69) is 49.6 Å². The minimum atomic E-state index is -0.0169. The summed E-state index contributed by atoms with van der Waals surface area (Å²) in [6, 6.07) is 14.6. The van der Waals surface area contributed by atoms with Gasteiger partial charge in [0.2, 0.25) is 0 Å². The molecule has 3 heteroatoms. The first-order valence-electron chi connectivity index (χ1n) is 7.30. The van der Waals surface area contributed by atoms with Gasteiger partial charge in [-0.25, -0.2) is 5.43 Å². The van der Waals surface area contributed by atoms with E-state index >= 15 is 0 Å². The maximum Gasteiger partial charge on any atom is 0.119 e. The third-order valence-corrected chi connectivity index (χ3v) is 3.33. The van der Waals surface area contributed by atoms with Crippen LogP contribution in [0, 0.1) is 13.8 Å². The molecule has 0 spiro atoms. The molecule has 0 amide bonds. The molecule has 21 heavy (non-hydrogen) atoms. The first kappa shape index (κ1) is 15.5. The molecule has 0 aromatic heterocycles. The van der Waals surface area contributed by atoms with E-state index in [-0.39, 0.29) is 12.1 Å². The van der Waals surface area contributed by atoms with Crippen LogP contribution in [-0.4, -0.2) is 6.10 Å². The summed E-state index contributed by atoms with van der Waals surface area (Å²) < 4.78 is 5.67. The van der Waals surface area contributed by atoms with Gasteiger partial charge in [0.1, 0.15) is 5.75 Å².